The number of carbonyl (C=O) groups is 3. The summed E-state index contributed by atoms with van der Waals surface area (Å²) >= 11 is 0.881. The molecule has 0 saturated carbocycles. The van der Waals surface area contributed by atoms with Gasteiger partial charge in [0.1, 0.15) is 6.54 Å². The molecule has 3 amide bonds. The topological polar surface area (TPSA) is 80.6 Å². The first kappa shape index (κ1) is 22.2. The van der Waals surface area contributed by atoms with E-state index in [2.05, 4.69) is 18.2 Å². The molecule has 0 radical (unpaired) electrons. The summed E-state index contributed by atoms with van der Waals surface area (Å²) in [5, 5.41) is 3.52. The number of terminal acetylenes is 1. The zero-order valence-electron chi connectivity index (χ0n) is 17.9. The number of nitrogens with one attached hydrogen (secondary N) is 1. The van der Waals surface area contributed by atoms with Crippen molar-refractivity contribution in [1.82, 2.24) is 14.8 Å². The number of carbonyl (C=O) groups excluding carboxylic acids is 3. The molecule has 2 aliphatic rings. The number of ether oxygens (including phenoxy) is 1. The number of aryl methyl sites for hydroxylation is 1. The molecule has 2 saturated heterocycles. The fourth-order valence-corrected chi connectivity index (χ4v) is 4.93. The largest absolute Gasteiger partial charge is 0.376 e. The van der Waals surface area contributed by atoms with E-state index in [1.165, 1.54) is 0 Å². The fraction of sp³-hybridized carbons (Fsp3) is 0.375. The molecule has 1 N–H and O–H groups in total. The van der Waals surface area contributed by atoms with E-state index >= 15 is 0 Å². The van der Waals surface area contributed by atoms with Gasteiger partial charge in [-0.05, 0) is 42.7 Å². The highest BCUT2D eigenvalue weighted by Gasteiger charge is 2.34. The SMILES string of the molecule is C#CCN1C(=O)S/C(=C\c2cn(CC(=O)NC[C@@H]3CCCO3)c3c(CC)cccc23)C1=O. The van der Waals surface area contributed by atoms with Crippen molar-refractivity contribution in [2.24, 2.45) is 0 Å². The summed E-state index contributed by atoms with van der Waals surface area (Å²) in [5.41, 5.74) is 2.85. The molecular formula is C24H25N3O4S. The summed E-state index contributed by atoms with van der Waals surface area (Å²) in [5.74, 6) is 1.86. The molecule has 32 heavy (non-hydrogen) atoms. The third-order valence-corrected chi connectivity index (χ3v) is 6.58. The maximum absolute atomic E-state index is 12.6. The number of thioether (sulfide) groups is 1. The van der Waals surface area contributed by atoms with Crippen LogP contribution in [-0.2, 0) is 27.3 Å². The predicted octanol–water partition coefficient (Wildman–Crippen LogP) is 3.17. The van der Waals surface area contributed by atoms with Gasteiger partial charge in [0, 0.05) is 30.3 Å². The van der Waals surface area contributed by atoms with Gasteiger partial charge >= 0.3 is 0 Å². The quantitative estimate of drug-likeness (QED) is 0.517. The average molecular weight is 452 g/mol. The fourth-order valence-electron chi connectivity index (χ4n) is 4.10. The molecule has 1 aromatic heterocycles. The van der Waals surface area contributed by atoms with Gasteiger partial charge in [-0.1, -0.05) is 31.0 Å². The predicted molar refractivity (Wildman–Crippen MR) is 125 cm³/mol. The van der Waals surface area contributed by atoms with Crippen molar-refractivity contribution in [3.63, 3.8) is 0 Å². The number of rotatable bonds is 7. The number of para-hydroxylation sites is 1. The number of aromatic nitrogens is 1. The molecule has 166 valence electrons. The lowest BCUT2D eigenvalue weighted by Gasteiger charge is -2.12. The third kappa shape index (κ3) is 4.45. The van der Waals surface area contributed by atoms with Crippen LogP contribution in [0.1, 0.15) is 30.9 Å². The Hall–Kier alpha value is -3.02. The molecule has 4 rings (SSSR count). The van der Waals surface area contributed by atoms with E-state index in [1.54, 1.807) is 6.08 Å². The van der Waals surface area contributed by atoms with Crippen LogP contribution in [0.2, 0.25) is 0 Å². The second-order valence-corrected chi connectivity index (χ2v) is 8.78. The lowest BCUT2D eigenvalue weighted by molar-refractivity contribution is -0.123. The highest BCUT2D eigenvalue weighted by molar-refractivity contribution is 8.18. The van der Waals surface area contributed by atoms with Crippen LogP contribution < -0.4 is 5.32 Å². The second-order valence-electron chi connectivity index (χ2n) is 7.79. The average Bonchev–Trinajstić information content (AvgIpc) is 3.49. The third-order valence-electron chi connectivity index (χ3n) is 5.67. The normalized spacial score (nSPS) is 19.8. The maximum atomic E-state index is 12.6. The van der Waals surface area contributed by atoms with Gasteiger partial charge in [0.25, 0.3) is 11.1 Å². The minimum Gasteiger partial charge on any atom is -0.376 e. The lowest BCUT2D eigenvalue weighted by atomic mass is 10.1. The highest BCUT2D eigenvalue weighted by atomic mass is 32.2. The Bertz CT molecular complexity index is 1140. The zero-order chi connectivity index (χ0) is 22.7. The van der Waals surface area contributed by atoms with Gasteiger partial charge in [-0.3, -0.25) is 19.3 Å². The molecule has 2 fully saturated rings. The van der Waals surface area contributed by atoms with E-state index in [0.717, 1.165) is 64.6 Å². The monoisotopic (exact) mass is 451 g/mol. The van der Waals surface area contributed by atoms with E-state index < -0.39 is 0 Å². The van der Waals surface area contributed by atoms with Crippen LogP contribution in [0, 0.1) is 12.3 Å². The van der Waals surface area contributed by atoms with E-state index in [-0.39, 0.29) is 36.2 Å². The van der Waals surface area contributed by atoms with Crippen LogP contribution in [0.15, 0.2) is 29.3 Å². The molecule has 3 heterocycles. The molecule has 0 spiro atoms. The number of fused-ring (bicyclic) bond motifs is 1. The van der Waals surface area contributed by atoms with Crippen LogP contribution in [0.3, 0.4) is 0 Å². The van der Waals surface area contributed by atoms with Crippen LogP contribution in [0.25, 0.3) is 17.0 Å². The summed E-state index contributed by atoms with van der Waals surface area (Å²) in [4.78, 5) is 38.8. The van der Waals surface area contributed by atoms with Crippen molar-refractivity contribution >= 4 is 45.8 Å². The number of benzene rings is 1. The molecule has 0 bridgehead atoms. The number of amides is 3. The summed E-state index contributed by atoms with van der Waals surface area (Å²) in [6.07, 6.45) is 11.7. The Morgan fingerprint density at radius 1 is 1.41 bits per heavy atom. The number of hydrogen-bond acceptors (Lipinski definition) is 5. The Morgan fingerprint density at radius 3 is 2.97 bits per heavy atom. The Kier molecular flexibility index (Phi) is 6.68. The number of nitrogens with zero attached hydrogens (tertiary/aromatic N) is 2. The lowest BCUT2D eigenvalue weighted by Crippen LogP contribution is -2.34. The summed E-state index contributed by atoms with van der Waals surface area (Å²) < 4.78 is 7.49. The molecule has 0 aliphatic carbocycles. The first-order valence-corrected chi connectivity index (χ1v) is 11.5. The van der Waals surface area contributed by atoms with E-state index in [0.29, 0.717) is 11.4 Å². The molecule has 1 atom stereocenters. The first-order valence-electron chi connectivity index (χ1n) is 10.7. The summed E-state index contributed by atoms with van der Waals surface area (Å²) in [6.45, 7) is 3.43. The number of imide groups is 1. The molecule has 2 aliphatic heterocycles. The smallest absolute Gasteiger partial charge is 0.294 e. The zero-order valence-corrected chi connectivity index (χ0v) is 18.7. The maximum Gasteiger partial charge on any atom is 0.294 e. The minimum absolute atomic E-state index is 0.0470. The van der Waals surface area contributed by atoms with Crippen LogP contribution >= 0.6 is 11.8 Å². The van der Waals surface area contributed by atoms with Crippen LogP contribution in [0.4, 0.5) is 4.79 Å². The van der Waals surface area contributed by atoms with Crippen LogP contribution in [0.5, 0.6) is 0 Å². The van der Waals surface area contributed by atoms with Gasteiger partial charge in [-0.2, -0.15) is 0 Å². The second kappa shape index (κ2) is 9.63. The van der Waals surface area contributed by atoms with Gasteiger partial charge in [0.05, 0.1) is 23.1 Å². The van der Waals surface area contributed by atoms with E-state index in [4.69, 9.17) is 11.2 Å². The molecule has 2 aromatic rings. The Labute approximate surface area is 191 Å². The molecular weight excluding hydrogens is 426 g/mol. The molecule has 7 nitrogen and oxygen atoms in total. The van der Waals surface area contributed by atoms with Crippen LogP contribution in [-0.4, -0.2) is 52.3 Å². The minimum atomic E-state index is -0.389. The first-order chi connectivity index (χ1) is 15.5. The number of hydrogen-bond donors (Lipinski definition) is 1. The van der Waals surface area contributed by atoms with Gasteiger partial charge < -0.3 is 14.6 Å². The van der Waals surface area contributed by atoms with Crippen molar-refractivity contribution in [1.29, 1.82) is 0 Å². The van der Waals surface area contributed by atoms with Crippen molar-refractivity contribution in [2.45, 2.75) is 38.8 Å². The van der Waals surface area contributed by atoms with E-state index in [9.17, 15) is 14.4 Å². The van der Waals surface area contributed by atoms with Gasteiger partial charge in [0.15, 0.2) is 0 Å². The van der Waals surface area contributed by atoms with Crippen molar-refractivity contribution in [2.75, 3.05) is 19.7 Å². The molecule has 1 aromatic carbocycles. The Balaban J connectivity index is 1.63. The Morgan fingerprint density at radius 2 is 2.25 bits per heavy atom. The van der Waals surface area contributed by atoms with Gasteiger partial charge in [0.2, 0.25) is 5.91 Å². The highest BCUT2D eigenvalue weighted by Crippen LogP contribution is 2.34. The summed E-state index contributed by atoms with van der Waals surface area (Å²) in [7, 11) is 0. The molecule has 0 unspecified atom stereocenters. The van der Waals surface area contributed by atoms with Crippen molar-refractivity contribution in [3.8, 4) is 12.3 Å². The van der Waals surface area contributed by atoms with Gasteiger partial charge in [-0.15, -0.1) is 6.42 Å². The molecule has 8 heteroatoms. The van der Waals surface area contributed by atoms with Crippen molar-refractivity contribution < 1.29 is 19.1 Å². The van der Waals surface area contributed by atoms with Crippen molar-refractivity contribution in [3.05, 3.63) is 40.4 Å². The van der Waals surface area contributed by atoms with E-state index in [1.807, 2.05) is 29.0 Å². The standard InChI is InChI=1S/C24H25N3O4S/c1-3-10-27-23(29)20(32-24(27)30)12-17-14-26(22-16(4-2)7-5-9-19(17)22)15-21(28)25-13-18-8-6-11-31-18/h1,5,7,9,12,14,18H,4,6,8,10-11,13,15H2,2H3,(H,25,28)/b20-12-/t18-/m0/s1. The summed E-state index contributed by atoms with van der Waals surface area (Å²) in [6, 6.07) is 5.96. The van der Waals surface area contributed by atoms with Gasteiger partial charge in [-0.25, -0.2) is 0 Å².